The number of rotatable bonds is 7. The van der Waals surface area contributed by atoms with E-state index in [1.807, 2.05) is 0 Å². The number of carbonyl (C=O) groups is 2. The zero-order chi connectivity index (χ0) is 24.0. The van der Waals surface area contributed by atoms with Gasteiger partial charge in [0, 0.05) is 17.4 Å². The Labute approximate surface area is 189 Å². The number of hydrogen-bond acceptors (Lipinski definition) is 6. The normalized spacial score (nSPS) is 10.9. The number of urea groups is 1. The first-order valence-corrected chi connectivity index (χ1v) is 9.42. The summed E-state index contributed by atoms with van der Waals surface area (Å²) in [6, 6.07) is 9.61. The lowest BCUT2D eigenvalue weighted by Gasteiger charge is -2.12. The van der Waals surface area contributed by atoms with Crippen LogP contribution in [0.15, 0.2) is 54.9 Å². The number of nitrogens with two attached hydrogens (primary N) is 1. The Balaban J connectivity index is 1.52. The second kappa shape index (κ2) is 10.0. The number of ether oxygens (including phenoxy) is 2. The van der Waals surface area contributed by atoms with Gasteiger partial charge < -0.3 is 25.8 Å². The van der Waals surface area contributed by atoms with E-state index in [4.69, 9.17) is 26.8 Å². The van der Waals surface area contributed by atoms with Crippen LogP contribution in [0.2, 0.25) is 5.02 Å². The molecule has 0 saturated carbocycles. The average Bonchev–Trinajstić information content (AvgIpc) is 2.76. The van der Waals surface area contributed by atoms with Crippen molar-refractivity contribution in [1.82, 2.24) is 9.97 Å². The molecule has 3 rings (SSSR count). The van der Waals surface area contributed by atoms with Crippen LogP contribution >= 0.6 is 11.6 Å². The third-order valence-electron chi connectivity index (χ3n) is 3.97. The largest absolute Gasteiger partial charge is 0.457 e. The number of halogens is 4. The molecule has 0 bridgehead atoms. The highest BCUT2D eigenvalue weighted by Crippen LogP contribution is 2.36. The number of aromatic nitrogens is 2. The Hall–Kier alpha value is -4.06. The van der Waals surface area contributed by atoms with Crippen molar-refractivity contribution in [1.29, 1.82) is 0 Å². The standard InChI is InChI=1S/C20H15ClF3N5O4/c21-15-6-3-12(7-14(15)20(22,23)24)29-19(31)28-11-1-4-13(5-2-11)32-10-33-17-8-16(18(25)30)26-9-27-17/h1-9H,10H2,(H2,25,30)(H2,28,29,31). The van der Waals surface area contributed by atoms with Gasteiger partial charge in [-0.1, -0.05) is 11.6 Å². The molecule has 172 valence electrons. The molecule has 0 saturated heterocycles. The number of alkyl halides is 3. The molecular weight excluding hydrogens is 467 g/mol. The van der Waals surface area contributed by atoms with Crippen LogP contribution in [0.5, 0.6) is 11.6 Å². The minimum atomic E-state index is -4.65. The molecule has 0 spiro atoms. The summed E-state index contributed by atoms with van der Waals surface area (Å²) in [7, 11) is 0. The van der Waals surface area contributed by atoms with Crippen molar-refractivity contribution >= 4 is 34.9 Å². The summed E-state index contributed by atoms with van der Waals surface area (Å²) in [5.74, 6) is -0.255. The van der Waals surface area contributed by atoms with Crippen LogP contribution in [0.3, 0.4) is 0 Å². The molecule has 13 heteroatoms. The van der Waals surface area contributed by atoms with Gasteiger partial charge in [0.1, 0.15) is 17.8 Å². The van der Waals surface area contributed by atoms with Crippen molar-refractivity contribution < 1.29 is 32.2 Å². The molecule has 1 aromatic heterocycles. The topological polar surface area (TPSA) is 128 Å². The van der Waals surface area contributed by atoms with E-state index < -0.39 is 28.7 Å². The first-order chi connectivity index (χ1) is 15.6. The van der Waals surface area contributed by atoms with E-state index in [1.54, 1.807) is 0 Å². The molecular formula is C20H15ClF3N5O4. The van der Waals surface area contributed by atoms with Gasteiger partial charge in [0.25, 0.3) is 5.91 Å². The lowest BCUT2D eigenvalue weighted by Crippen LogP contribution is -2.20. The van der Waals surface area contributed by atoms with Crippen LogP contribution in [0.4, 0.5) is 29.3 Å². The second-order valence-corrected chi connectivity index (χ2v) is 6.72. The van der Waals surface area contributed by atoms with Crippen molar-refractivity contribution in [2.75, 3.05) is 17.4 Å². The molecule has 0 radical (unpaired) electrons. The summed E-state index contributed by atoms with van der Waals surface area (Å²) < 4.78 is 49.4. The van der Waals surface area contributed by atoms with Gasteiger partial charge in [0.05, 0.1) is 10.6 Å². The predicted molar refractivity (Wildman–Crippen MR) is 112 cm³/mol. The van der Waals surface area contributed by atoms with Crippen LogP contribution in [0, 0.1) is 0 Å². The third-order valence-corrected chi connectivity index (χ3v) is 4.30. The van der Waals surface area contributed by atoms with E-state index >= 15 is 0 Å². The summed E-state index contributed by atoms with van der Waals surface area (Å²) in [4.78, 5) is 30.7. The molecule has 3 aromatic rings. The van der Waals surface area contributed by atoms with E-state index in [0.717, 1.165) is 18.5 Å². The van der Waals surface area contributed by atoms with Crippen molar-refractivity contribution in [3.8, 4) is 11.6 Å². The first-order valence-electron chi connectivity index (χ1n) is 9.04. The molecule has 4 N–H and O–H groups in total. The molecule has 1 heterocycles. The Morgan fingerprint density at radius 3 is 2.30 bits per heavy atom. The fraction of sp³-hybridized carbons (Fsp3) is 0.100. The first kappa shape index (κ1) is 23.6. The van der Waals surface area contributed by atoms with Gasteiger partial charge in [-0.15, -0.1) is 0 Å². The quantitative estimate of drug-likeness (QED) is 0.431. The summed E-state index contributed by atoms with van der Waals surface area (Å²) in [6.45, 7) is -0.236. The summed E-state index contributed by atoms with van der Waals surface area (Å²) in [6.07, 6.45) is -3.53. The average molecular weight is 482 g/mol. The van der Waals surface area contributed by atoms with Gasteiger partial charge in [0.15, 0.2) is 0 Å². The molecule has 0 fully saturated rings. The molecule has 0 aliphatic rings. The number of carbonyl (C=O) groups excluding carboxylic acids is 2. The number of amides is 3. The van der Waals surface area contributed by atoms with Gasteiger partial charge in [-0.2, -0.15) is 13.2 Å². The zero-order valence-electron chi connectivity index (χ0n) is 16.5. The molecule has 0 aliphatic heterocycles. The molecule has 9 nitrogen and oxygen atoms in total. The molecule has 0 unspecified atom stereocenters. The third kappa shape index (κ3) is 6.71. The SMILES string of the molecule is NC(=O)c1cc(OCOc2ccc(NC(=O)Nc3ccc(Cl)c(C(F)(F)F)c3)cc2)ncn1. The van der Waals surface area contributed by atoms with Gasteiger partial charge in [0.2, 0.25) is 12.7 Å². The summed E-state index contributed by atoms with van der Waals surface area (Å²) >= 11 is 5.56. The van der Waals surface area contributed by atoms with E-state index in [1.165, 1.54) is 36.4 Å². The highest BCUT2D eigenvalue weighted by atomic mass is 35.5. The van der Waals surface area contributed by atoms with Crippen LogP contribution in [0.1, 0.15) is 16.1 Å². The van der Waals surface area contributed by atoms with Crippen LogP contribution in [0.25, 0.3) is 0 Å². The van der Waals surface area contributed by atoms with Gasteiger partial charge in [-0.25, -0.2) is 14.8 Å². The van der Waals surface area contributed by atoms with Crippen molar-refractivity contribution in [2.45, 2.75) is 6.18 Å². The number of nitrogens with zero attached hydrogens (tertiary/aromatic N) is 2. The van der Waals surface area contributed by atoms with E-state index in [2.05, 4.69) is 20.6 Å². The summed E-state index contributed by atoms with van der Waals surface area (Å²) in [5.41, 5.74) is 4.33. The van der Waals surface area contributed by atoms with Crippen molar-refractivity contribution in [3.63, 3.8) is 0 Å². The molecule has 3 amide bonds. The Kier molecular flexibility index (Phi) is 7.18. The van der Waals surface area contributed by atoms with E-state index in [9.17, 15) is 22.8 Å². The summed E-state index contributed by atoms with van der Waals surface area (Å²) in [5, 5.41) is 4.31. The maximum absolute atomic E-state index is 12.9. The lowest BCUT2D eigenvalue weighted by molar-refractivity contribution is -0.137. The monoisotopic (exact) mass is 481 g/mol. The highest BCUT2D eigenvalue weighted by Gasteiger charge is 2.33. The van der Waals surface area contributed by atoms with E-state index in [-0.39, 0.29) is 24.1 Å². The van der Waals surface area contributed by atoms with Crippen molar-refractivity contribution in [3.05, 3.63) is 71.1 Å². The maximum Gasteiger partial charge on any atom is 0.417 e. The fourth-order valence-corrected chi connectivity index (χ4v) is 2.68. The smallest absolute Gasteiger partial charge is 0.417 e. The number of primary amides is 1. The van der Waals surface area contributed by atoms with Crippen LogP contribution < -0.4 is 25.8 Å². The van der Waals surface area contributed by atoms with Gasteiger partial charge >= 0.3 is 12.2 Å². The zero-order valence-corrected chi connectivity index (χ0v) is 17.3. The van der Waals surface area contributed by atoms with Crippen LogP contribution in [-0.2, 0) is 6.18 Å². The van der Waals surface area contributed by atoms with Gasteiger partial charge in [-0.3, -0.25) is 4.79 Å². The minimum absolute atomic E-state index is 0.0121. The second-order valence-electron chi connectivity index (χ2n) is 6.31. The number of benzene rings is 2. The van der Waals surface area contributed by atoms with Gasteiger partial charge in [-0.05, 0) is 42.5 Å². The maximum atomic E-state index is 12.9. The minimum Gasteiger partial charge on any atom is -0.457 e. The highest BCUT2D eigenvalue weighted by molar-refractivity contribution is 6.31. The van der Waals surface area contributed by atoms with E-state index in [0.29, 0.717) is 11.4 Å². The molecule has 0 atom stereocenters. The molecule has 0 aliphatic carbocycles. The predicted octanol–water partition coefficient (Wildman–Crippen LogP) is 4.31. The van der Waals surface area contributed by atoms with Crippen LogP contribution in [-0.4, -0.2) is 28.7 Å². The fourth-order valence-electron chi connectivity index (χ4n) is 2.46. The number of anilines is 2. The Morgan fingerprint density at radius 2 is 1.64 bits per heavy atom. The molecule has 33 heavy (non-hydrogen) atoms. The Bertz CT molecular complexity index is 1160. The molecule has 2 aromatic carbocycles. The lowest BCUT2D eigenvalue weighted by atomic mass is 10.2. The number of hydrogen-bond donors (Lipinski definition) is 3. The van der Waals surface area contributed by atoms with Crippen molar-refractivity contribution in [2.24, 2.45) is 5.73 Å². The Morgan fingerprint density at radius 1 is 0.970 bits per heavy atom. The number of nitrogens with one attached hydrogen (secondary N) is 2.